The van der Waals surface area contributed by atoms with Crippen LogP contribution in [0.2, 0.25) is 0 Å². The standard InChI is InChI=1S/C11H9BrN2O2/c12-7-3-1-2-6-4-5-11(8(6)7)9(15)13-10(16)14-11/h1-3H,4-5H2,(H2,13,14,15,16)/t11-/m0/s1. The molecule has 4 nitrogen and oxygen atoms in total. The number of benzene rings is 1. The molecule has 3 amide bonds. The van der Waals surface area contributed by atoms with Gasteiger partial charge in [0.05, 0.1) is 0 Å². The molecule has 2 aliphatic rings. The zero-order valence-electron chi connectivity index (χ0n) is 8.34. The summed E-state index contributed by atoms with van der Waals surface area (Å²) in [6.07, 6.45) is 1.44. The summed E-state index contributed by atoms with van der Waals surface area (Å²) in [6, 6.07) is 5.42. The van der Waals surface area contributed by atoms with Crippen LogP contribution < -0.4 is 10.6 Å². The van der Waals surface area contributed by atoms with Crippen molar-refractivity contribution >= 4 is 27.9 Å². The van der Waals surface area contributed by atoms with Gasteiger partial charge in [0.25, 0.3) is 5.91 Å². The minimum absolute atomic E-state index is 0.247. The molecule has 5 heteroatoms. The second-order valence-electron chi connectivity index (χ2n) is 4.09. The molecular formula is C11H9BrN2O2. The molecule has 0 saturated carbocycles. The van der Waals surface area contributed by atoms with Crippen LogP contribution in [0.4, 0.5) is 4.79 Å². The number of aryl methyl sites for hydroxylation is 1. The van der Waals surface area contributed by atoms with Gasteiger partial charge in [-0.1, -0.05) is 28.1 Å². The molecule has 1 fully saturated rings. The van der Waals surface area contributed by atoms with Gasteiger partial charge in [-0.05, 0) is 24.5 Å². The summed E-state index contributed by atoms with van der Waals surface area (Å²) >= 11 is 3.45. The van der Waals surface area contributed by atoms with Gasteiger partial charge in [0, 0.05) is 10.0 Å². The van der Waals surface area contributed by atoms with Gasteiger partial charge in [0.1, 0.15) is 5.54 Å². The van der Waals surface area contributed by atoms with E-state index >= 15 is 0 Å². The van der Waals surface area contributed by atoms with Crippen molar-refractivity contribution in [3.8, 4) is 0 Å². The Balaban J connectivity index is 2.22. The lowest BCUT2D eigenvalue weighted by molar-refractivity contribution is -0.124. The third-order valence-electron chi connectivity index (χ3n) is 3.24. The van der Waals surface area contributed by atoms with E-state index in [0.717, 1.165) is 22.0 Å². The molecule has 2 N–H and O–H groups in total. The number of nitrogens with one attached hydrogen (secondary N) is 2. The molecule has 0 bridgehead atoms. The van der Waals surface area contributed by atoms with E-state index in [1.54, 1.807) is 0 Å². The van der Waals surface area contributed by atoms with Crippen LogP contribution in [0.15, 0.2) is 22.7 Å². The average molecular weight is 281 g/mol. The smallest absolute Gasteiger partial charge is 0.319 e. The maximum atomic E-state index is 11.9. The molecule has 1 saturated heterocycles. The average Bonchev–Trinajstić information content (AvgIpc) is 2.72. The first-order valence-electron chi connectivity index (χ1n) is 5.05. The summed E-state index contributed by atoms with van der Waals surface area (Å²) < 4.78 is 0.875. The van der Waals surface area contributed by atoms with E-state index in [1.807, 2.05) is 18.2 Å². The SMILES string of the molecule is O=C1NC(=O)[C@@]2(CCc3cccc(Br)c32)N1. The Morgan fingerprint density at radius 2 is 2.12 bits per heavy atom. The Morgan fingerprint density at radius 1 is 1.31 bits per heavy atom. The molecule has 1 spiro atoms. The highest BCUT2D eigenvalue weighted by atomic mass is 79.9. The maximum Gasteiger partial charge on any atom is 0.322 e. The maximum absolute atomic E-state index is 11.9. The van der Waals surface area contributed by atoms with E-state index < -0.39 is 11.6 Å². The van der Waals surface area contributed by atoms with Crippen molar-refractivity contribution < 1.29 is 9.59 Å². The number of carbonyl (C=O) groups excluding carboxylic acids is 2. The van der Waals surface area contributed by atoms with Crippen molar-refractivity contribution in [3.05, 3.63) is 33.8 Å². The number of carbonyl (C=O) groups is 2. The van der Waals surface area contributed by atoms with E-state index in [0.29, 0.717) is 6.42 Å². The molecular weight excluding hydrogens is 272 g/mol. The number of urea groups is 1. The van der Waals surface area contributed by atoms with Gasteiger partial charge in [-0.15, -0.1) is 0 Å². The fourth-order valence-corrected chi connectivity index (χ4v) is 3.29. The van der Waals surface area contributed by atoms with Crippen LogP contribution in [0.1, 0.15) is 17.5 Å². The number of halogens is 1. The lowest BCUT2D eigenvalue weighted by Crippen LogP contribution is -2.41. The van der Waals surface area contributed by atoms with Crippen LogP contribution >= 0.6 is 15.9 Å². The Bertz CT molecular complexity index is 515. The number of hydrogen-bond donors (Lipinski definition) is 2. The highest BCUT2D eigenvalue weighted by molar-refractivity contribution is 9.10. The predicted molar refractivity (Wildman–Crippen MR) is 60.8 cm³/mol. The van der Waals surface area contributed by atoms with Crippen molar-refractivity contribution in [2.45, 2.75) is 18.4 Å². The summed E-state index contributed by atoms with van der Waals surface area (Å²) in [5.41, 5.74) is 1.16. The summed E-state index contributed by atoms with van der Waals surface area (Å²) in [4.78, 5) is 23.2. The van der Waals surface area contributed by atoms with Gasteiger partial charge in [-0.2, -0.15) is 0 Å². The predicted octanol–water partition coefficient (Wildman–Crippen LogP) is 1.43. The first-order valence-corrected chi connectivity index (χ1v) is 5.84. The van der Waals surface area contributed by atoms with Gasteiger partial charge < -0.3 is 5.32 Å². The molecule has 1 aliphatic heterocycles. The Labute approximate surface area is 101 Å². The molecule has 3 rings (SSSR count). The Hall–Kier alpha value is -1.36. The topological polar surface area (TPSA) is 58.2 Å². The van der Waals surface area contributed by atoms with Crippen molar-refractivity contribution in [2.75, 3.05) is 0 Å². The molecule has 1 aromatic rings. The molecule has 1 aromatic carbocycles. The number of rotatable bonds is 0. The van der Waals surface area contributed by atoms with Crippen LogP contribution in [0.25, 0.3) is 0 Å². The summed E-state index contributed by atoms with van der Waals surface area (Å²) in [7, 11) is 0. The third kappa shape index (κ3) is 1.09. The van der Waals surface area contributed by atoms with Crippen molar-refractivity contribution in [2.24, 2.45) is 0 Å². The molecule has 82 valence electrons. The van der Waals surface area contributed by atoms with E-state index in [1.165, 1.54) is 0 Å². The fourth-order valence-electron chi connectivity index (χ4n) is 2.55. The summed E-state index contributed by atoms with van der Waals surface area (Å²) in [5.74, 6) is -0.247. The number of fused-ring (bicyclic) bond motifs is 2. The van der Waals surface area contributed by atoms with Gasteiger partial charge in [0.15, 0.2) is 0 Å². The van der Waals surface area contributed by atoms with Gasteiger partial charge in [0.2, 0.25) is 0 Å². The first kappa shape index (κ1) is 9.84. The second-order valence-corrected chi connectivity index (χ2v) is 4.94. The fraction of sp³-hybridized carbons (Fsp3) is 0.273. The highest BCUT2D eigenvalue weighted by Crippen LogP contribution is 2.42. The Morgan fingerprint density at radius 3 is 2.81 bits per heavy atom. The van der Waals surface area contributed by atoms with Crippen LogP contribution in [-0.4, -0.2) is 11.9 Å². The second kappa shape index (κ2) is 3.07. The third-order valence-corrected chi connectivity index (χ3v) is 3.90. The van der Waals surface area contributed by atoms with E-state index in [4.69, 9.17) is 0 Å². The van der Waals surface area contributed by atoms with E-state index in [-0.39, 0.29) is 5.91 Å². The molecule has 1 atom stereocenters. The molecule has 16 heavy (non-hydrogen) atoms. The van der Waals surface area contributed by atoms with Crippen LogP contribution in [-0.2, 0) is 16.8 Å². The molecule has 0 unspecified atom stereocenters. The quantitative estimate of drug-likeness (QED) is 0.707. The molecule has 0 radical (unpaired) electrons. The zero-order chi connectivity index (χ0) is 11.3. The van der Waals surface area contributed by atoms with Crippen LogP contribution in [0.5, 0.6) is 0 Å². The molecule has 1 heterocycles. The highest BCUT2D eigenvalue weighted by Gasteiger charge is 2.52. The largest absolute Gasteiger partial charge is 0.322 e. The molecule has 1 aliphatic carbocycles. The van der Waals surface area contributed by atoms with E-state index in [2.05, 4.69) is 26.6 Å². The van der Waals surface area contributed by atoms with Crippen molar-refractivity contribution in [1.82, 2.24) is 10.6 Å². The van der Waals surface area contributed by atoms with Crippen LogP contribution in [0.3, 0.4) is 0 Å². The van der Waals surface area contributed by atoms with Crippen LogP contribution in [0, 0.1) is 0 Å². The normalized spacial score (nSPS) is 26.8. The lowest BCUT2D eigenvalue weighted by Gasteiger charge is -2.22. The minimum Gasteiger partial charge on any atom is -0.319 e. The number of imide groups is 1. The number of hydrogen-bond acceptors (Lipinski definition) is 2. The van der Waals surface area contributed by atoms with Crippen molar-refractivity contribution in [3.63, 3.8) is 0 Å². The van der Waals surface area contributed by atoms with Crippen molar-refractivity contribution in [1.29, 1.82) is 0 Å². The van der Waals surface area contributed by atoms with Gasteiger partial charge in [-0.3, -0.25) is 10.1 Å². The van der Waals surface area contributed by atoms with Gasteiger partial charge >= 0.3 is 6.03 Å². The minimum atomic E-state index is -0.855. The lowest BCUT2D eigenvalue weighted by atomic mass is 9.92. The Kier molecular flexibility index (Phi) is 1.89. The first-order chi connectivity index (χ1) is 7.63. The molecule has 0 aromatic heterocycles. The van der Waals surface area contributed by atoms with E-state index in [9.17, 15) is 9.59 Å². The number of amides is 3. The zero-order valence-corrected chi connectivity index (χ0v) is 9.93. The summed E-state index contributed by atoms with van der Waals surface area (Å²) in [6.45, 7) is 0. The monoisotopic (exact) mass is 280 g/mol. The summed E-state index contributed by atoms with van der Waals surface area (Å²) in [5, 5.41) is 5.05. The van der Waals surface area contributed by atoms with Gasteiger partial charge in [-0.25, -0.2) is 4.79 Å².